The van der Waals surface area contributed by atoms with E-state index in [0.717, 1.165) is 23.1 Å². The lowest BCUT2D eigenvalue weighted by Gasteiger charge is -2.11. The Balaban J connectivity index is 1.77. The summed E-state index contributed by atoms with van der Waals surface area (Å²) in [5.74, 6) is -0.133. The monoisotopic (exact) mass is 464 g/mol. The van der Waals surface area contributed by atoms with Gasteiger partial charge >= 0.3 is 0 Å². The Bertz CT molecular complexity index is 1540. The van der Waals surface area contributed by atoms with Crippen LogP contribution >= 0.6 is 0 Å². The molecular weight excluding hydrogens is 440 g/mol. The van der Waals surface area contributed by atoms with Gasteiger partial charge in [-0.15, -0.1) is 0 Å². The van der Waals surface area contributed by atoms with E-state index in [1.807, 2.05) is 44.2 Å². The maximum atomic E-state index is 13.3. The molecule has 35 heavy (non-hydrogen) atoms. The van der Waals surface area contributed by atoms with Gasteiger partial charge in [-0.1, -0.05) is 31.2 Å². The average molecular weight is 465 g/mol. The van der Waals surface area contributed by atoms with Crippen molar-refractivity contribution in [2.45, 2.75) is 27.2 Å². The van der Waals surface area contributed by atoms with Crippen molar-refractivity contribution in [3.8, 4) is 17.7 Å². The largest absolute Gasteiger partial charge is 0.438 e. The first-order chi connectivity index (χ1) is 16.9. The molecule has 0 aliphatic carbocycles. The molecule has 7 heteroatoms. The van der Waals surface area contributed by atoms with E-state index in [2.05, 4.69) is 17.2 Å². The van der Waals surface area contributed by atoms with E-state index < -0.39 is 11.5 Å². The third kappa shape index (κ3) is 5.12. The molecule has 0 atom stereocenters. The molecule has 1 N–H and O–H groups in total. The molecule has 0 bridgehead atoms. The molecule has 0 aliphatic heterocycles. The van der Waals surface area contributed by atoms with E-state index in [1.54, 1.807) is 42.6 Å². The van der Waals surface area contributed by atoms with Crippen LogP contribution in [-0.2, 0) is 11.2 Å². The summed E-state index contributed by atoms with van der Waals surface area (Å²) in [5, 5.41) is 12.4. The van der Waals surface area contributed by atoms with Crippen LogP contribution in [0.1, 0.15) is 29.2 Å². The van der Waals surface area contributed by atoms with Gasteiger partial charge < -0.3 is 10.1 Å². The number of ether oxygens (including phenoxy) is 1. The molecule has 0 saturated heterocycles. The van der Waals surface area contributed by atoms with Gasteiger partial charge in [0.2, 0.25) is 5.88 Å². The van der Waals surface area contributed by atoms with Gasteiger partial charge in [0.15, 0.2) is 0 Å². The molecule has 2 heterocycles. The summed E-state index contributed by atoms with van der Waals surface area (Å²) >= 11 is 0. The Morgan fingerprint density at radius 3 is 2.57 bits per heavy atom. The second-order valence-corrected chi connectivity index (χ2v) is 8.09. The maximum absolute atomic E-state index is 13.3. The Hall–Kier alpha value is -4.70. The van der Waals surface area contributed by atoms with Crippen molar-refractivity contribution in [1.29, 1.82) is 5.26 Å². The Labute approximate surface area is 203 Å². The van der Waals surface area contributed by atoms with Crippen LogP contribution in [0.3, 0.4) is 0 Å². The first kappa shape index (κ1) is 23.5. The number of carbonyl (C=O) groups excluding carboxylic acids is 1. The number of anilines is 1. The highest BCUT2D eigenvalue weighted by molar-refractivity contribution is 6.09. The molecule has 2 aromatic carbocycles. The molecule has 0 saturated carbocycles. The molecule has 4 aromatic rings. The van der Waals surface area contributed by atoms with Gasteiger partial charge in [0, 0.05) is 11.9 Å². The average Bonchev–Trinajstić information content (AvgIpc) is 2.86. The minimum Gasteiger partial charge on any atom is -0.438 e. The fraction of sp³-hybridized carbons (Fsp3) is 0.143. The standard InChI is InChI=1S/C28H24N4O3/c1-4-20-9-12-23(13-10-20)35-27-24(28(34)32-14-6-5-7-25(32)31-27)16-21(17-29)26(33)30-22-11-8-18(2)19(3)15-22/h5-16H,4H2,1-3H3,(H,30,33)/b21-16-. The predicted molar refractivity (Wildman–Crippen MR) is 135 cm³/mol. The number of hydrogen-bond donors (Lipinski definition) is 1. The second kappa shape index (κ2) is 10.1. The molecule has 174 valence electrons. The third-order valence-electron chi connectivity index (χ3n) is 5.70. The molecule has 0 unspecified atom stereocenters. The van der Waals surface area contributed by atoms with Crippen molar-refractivity contribution in [2.75, 3.05) is 5.32 Å². The van der Waals surface area contributed by atoms with Gasteiger partial charge in [-0.25, -0.2) is 0 Å². The fourth-order valence-corrected chi connectivity index (χ4v) is 3.50. The minimum atomic E-state index is -0.633. The van der Waals surface area contributed by atoms with Crippen LogP contribution in [0.25, 0.3) is 11.7 Å². The van der Waals surface area contributed by atoms with Crippen molar-refractivity contribution in [2.24, 2.45) is 0 Å². The molecule has 0 fully saturated rings. The highest BCUT2D eigenvalue weighted by Gasteiger charge is 2.17. The summed E-state index contributed by atoms with van der Waals surface area (Å²) in [6, 6.07) is 19.9. The zero-order valence-electron chi connectivity index (χ0n) is 19.7. The number of aryl methyl sites for hydroxylation is 3. The van der Waals surface area contributed by atoms with E-state index in [4.69, 9.17) is 4.74 Å². The topological polar surface area (TPSA) is 96.5 Å². The number of aromatic nitrogens is 2. The Kier molecular flexibility index (Phi) is 6.74. The summed E-state index contributed by atoms with van der Waals surface area (Å²) in [7, 11) is 0. The first-order valence-corrected chi connectivity index (χ1v) is 11.2. The number of nitriles is 1. The van der Waals surface area contributed by atoms with Crippen LogP contribution < -0.4 is 15.6 Å². The number of nitrogens with one attached hydrogen (secondary N) is 1. The summed E-state index contributed by atoms with van der Waals surface area (Å²) < 4.78 is 7.30. The number of carbonyl (C=O) groups is 1. The van der Waals surface area contributed by atoms with Crippen molar-refractivity contribution in [3.63, 3.8) is 0 Å². The van der Waals surface area contributed by atoms with Crippen LogP contribution in [0.4, 0.5) is 5.69 Å². The fourth-order valence-electron chi connectivity index (χ4n) is 3.50. The number of amides is 1. The second-order valence-electron chi connectivity index (χ2n) is 8.09. The van der Waals surface area contributed by atoms with Crippen LogP contribution in [0.2, 0.25) is 0 Å². The lowest BCUT2D eigenvalue weighted by Crippen LogP contribution is -2.20. The van der Waals surface area contributed by atoms with Gasteiger partial charge in [-0.3, -0.25) is 14.0 Å². The lowest BCUT2D eigenvalue weighted by atomic mass is 10.1. The van der Waals surface area contributed by atoms with E-state index in [-0.39, 0.29) is 17.0 Å². The molecule has 2 aromatic heterocycles. The lowest BCUT2D eigenvalue weighted by molar-refractivity contribution is -0.112. The van der Waals surface area contributed by atoms with Crippen LogP contribution in [0.15, 0.2) is 77.2 Å². The summed E-state index contributed by atoms with van der Waals surface area (Å²) in [6.07, 6.45) is 3.68. The quantitative estimate of drug-likeness (QED) is 0.312. The minimum absolute atomic E-state index is 0.0000507. The van der Waals surface area contributed by atoms with Gasteiger partial charge in [-0.2, -0.15) is 10.2 Å². The molecule has 7 nitrogen and oxygen atoms in total. The van der Waals surface area contributed by atoms with E-state index >= 15 is 0 Å². The van der Waals surface area contributed by atoms with Crippen molar-refractivity contribution < 1.29 is 9.53 Å². The molecule has 4 rings (SSSR count). The van der Waals surface area contributed by atoms with Gasteiger partial charge in [0.05, 0.1) is 0 Å². The van der Waals surface area contributed by atoms with E-state index in [0.29, 0.717) is 17.1 Å². The van der Waals surface area contributed by atoms with Gasteiger partial charge in [0.1, 0.15) is 28.6 Å². The number of fused-ring (bicyclic) bond motifs is 1. The molecule has 0 spiro atoms. The maximum Gasteiger partial charge on any atom is 0.269 e. The van der Waals surface area contributed by atoms with Crippen LogP contribution in [0.5, 0.6) is 11.6 Å². The van der Waals surface area contributed by atoms with Crippen molar-refractivity contribution in [3.05, 3.63) is 105 Å². The number of pyridine rings is 1. The number of nitrogens with zero attached hydrogens (tertiary/aromatic N) is 3. The SMILES string of the molecule is CCc1ccc(Oc2nc3ccccn3c(=O)c2/C=C(/C#N)C(=O)Nc2ccc(C)c(C)c2)cc1. The zero-order valence-corrected chi connectivity index (χ0v) is 19.7. The van der Waals surface area contributed by atoms with E-state index in [9.17, 15) is 14.9 Å². The van der Waals surface area contributed by atoms with Crippen molar-refractivity contribution >= 4 is 23.3 Å². The third-order valence-corrected chi connectivity index (χ3v) is 5.70. The smallest absolute Gasteiger partial charge is 0.269 e. The highest BCUT2D eigenvalue weighted by Crippen LogP contribution is 2.25. The summed E-state index contributed by atoms with van der Waals surface area (Å²) in [6.45, 7) is 5.96. The van der Waals surface area contributed by atoms with Crippen LogP contribution in [0, 0.1) is 25.2 Å². The molecular formula is C28H24N4O3. The molecule has 0 aliphatic rings. The van der Waals surface area contributed by atoms with Gasteiger partial charge in [-0.05, 0) is 79.4 Å². The summed E-state index contributed by atoms with van der Waals surface area (Å²) in [4.78, 5) is 30.7. The normalized spacial score (nSPS) is 11.2. The number of hydrogen-bond acceptors (Lipinski definition) is 5. The number of benzene rings is 2. The number of rotatable bonds is 6. The highest BCUT2D eigenvalue weighted by atomic mass is 16.5. The Morgan fingerprint density at radius 2 is 1.89 bits per heavy atom. The zero-order chi connectivity index (χ0) is 24.9. The predicted octanol–water partition coefficient (Wildman–Crippen LogP) is 5.21. The van der Waals surface area contributed by atoms with Crippen LogP contribution in [-0.4, -0.2) is 15.3 Å². The summed E-state index contributed by atoms with van der Waals surface area (Å²) in [5.41, 5.74) is 3.47. The first-order valence-electron chi connectivity index (χ1n) is 11.2. The van der Waals surface area contributed by atoms with Crippen molar-refractivity contribution in [1.82, 2.24) is 9.38 Å². The van der Waals surface area contributed by atoms with E-state index in [1.165, 1.54) is 10.5 Å². The molecule has 0 radical (unpaired) electrons. The Morgan fingerprint density at radius 1 is 1.11 bits per heavy atom. The molecule has 1 amide bonds. The van der Waals surface area contributed by atoms with Gasteiger partial charge in [0.25, 0.3) is 11.5 Å².